The molecule has 1 N–H and O–H groups in total. The molecule has 4 aliphatic rings. The van der Waals surface area contributed by atoms with Crippen molar-refractivity contribution < 1.29 is 28.6 Å². The molecule has 0 aromatic heterocycles. The monoisotopic (exact) mass is 588 g/mol. The Morgan fingerprint density at radius 2 is 1.24 bits per heavy atom. The number of rotatable bonds is 6. The number of ether oxygens (including phenoxy) is 3. The van der Waals surface area contributed by atoms with Gasteiger partial charge in [0.15, 0.2) is 0 Å². The lowest BCUT2D eigenvalue weighted by molar-refractivity contribution is -0.151. The van der Waals surface area contributed by atoms with E-state index in [1.54, 1.807) is 9.80 Å². The first kappa shape index (κ1) is 32.2. The Kier molecular flexibility index (Phi) is 12.8. The third-order valence-corrected chi connectivity index (χ3v) is 8.23. The molecule has 4 saturated heterocycles. The van der Waals surface area contributed by atoms with Crippen LogP contribution < -0.4 is 5.32 Å². The van der Waals surface area contributed by atoms with E-state index >= 15 is 0 Å². The number of carbonyl (C=O) groups excluding carboxylic acids is 3. The van der Waals surface area contributed by atoms with Crippen molar-refractivity contribution in [2.75, 3.05) is 105 Å². The van der Waals surface area contributed by atoms with Gasteiger partial charge in [-0.15, -0.1) is 0 Å². The SMILES string of the molecule is CCN1CCOC(C(=O)N2CCN(C(=O)OCc3ccccc3)CC2)C1.CCN1CCOC(C(=O)N2CCNCC2)C1. The topological polar surface area (TPSA) is 107 Å². The lowest BCUT2D eigenvalue weighted by atomic mass is 10.2. The predicted molar refractivity (Wildman–Crippen MR) is 158 cm³/mol. The number of nitrogens with zero attached hydrogens (tertiary/aromatic N) is 5. The highest BCUT2D eigenvalue weighted by atomic mass is 16.6. The maximum atomic E-state index is 12.6. The summed E-state index contributed by atoms with van der Waals surface area (Å²) in [5.41, 5.74) is 0.963. The third kappa shape index (κ3) is 9.37. The Morgan fingerprint density at radius 1 is 0.738 bits per heavy atom. The van der Waals surface area contributed by atoms with Gasteiger partial charge in [0.25, 0.3) is 11.8 Å². The van der Waals surface area contributed by atoms with Gasteiger partial charge in [-0.25, -0.2) is 4.79 Å². The van der Waals surface area contributed by atoms with E-state index in [4.69, 9.17) is 14.2 Å². The molecule has 2 unspecified atom stereocenters. The van der Waals surface area contributed by atoms with Crippen LogP contribution >= 0.6 is 0 Å². The first-order valence-electron chi connectivity index (χ1n) is 15.4. The first-order chi connectivity index (χ1) is 20.5. The van der Waals surface area contributed by atoms with Crippen molar-refractivity contribution in [3.8, 4) is 0 Å². The van der Waals surface area contributed by atoms with Crippen molar-refractivity contribution in [2.24, 2.45) is 0 Å². The quantitative estimate of drug-likeness (QED) is 0.503. The molecule has 4 fully saturated rings. The molecule has 0 radical (unpaired) electrons. The smallest absolute Gasteiger partial charge is 0.410 e. The molecule has 12 nitrogen and oxygen atoms in total. The minimum Gasteiger partial charge on any atom is -0.445 e. The van der Waals surface area contributed by atoms with Crippen molar-refractivity contribution in [2.45, 2.75) is 32.7 Å². The van der Waals surface area contributed by atoms with Gasteiger partial charge in [-0.2, -0.15) is 0 Å². The summed E-state index contributed by atoms with van der Waals surface area (Å²) < 4.78 is 16.6. The zero-order valence-corrected chi connectivity index (χ0v) is 25.2. The van der Waals surface area contributed by atoms with Crippen LogP contribution in [0.4, 0.5) is 4.79 Å². The highest BCUT2D eigenvalue weighted by Crippen LogP contribution is 2.13. The average molecular weight is 589 g/mol. The fourth-order valence-corrected chi connectivity index (χ4v) is 5.49. The van der Waals surface area contributed by atoms with Crippen molar-refractivity contribution in [1.82, 2.24) is 29.8 Å². The van der Waals surface area contributed by atoms with Gasteiger partial charge in [-0.1, -0.05) is 44.2 Å². The lowest BCUT2D eigenvalue weighted by Gasteiger charge is -2.38. The molecule has 3 amide bonds. The average Bonchev–Trinajstić information content (AvgIpc) is 3.07. The summed E-state index contributed by atoms with van der Waals surface area (Å²) in [6, 6.07) is 9.61. The van der Waals surface area contributed by atoms with Gasteiger partial charge < -0.3 is 34.2 Å². The van der Waals surface area contributed by atoms with Crippen LogP contribution in [-0.2, 0) is 30.4 Å². The van der Waals surface area contributed by atoms with E-state index in [1.807, 2.05) is 35.2 Å². The molecular formula is C30H48N6O6. The van der Waals surface area contributed by atoms with Crippen LogP contribution in [0.2, 0.25) is 0 Å². The second-order valence-electron chi connectivity index (χ2n) is 10.9. The molecule has 1 aromatic rings. The van der Waals surface area contributed by atoms with Crippen LogP contribution in [0.3, 0.4) is 0 Å². The van der Waals surface area contributed by atoms with E-state index in [0.717, 1.165) is 64.5 Å². The van der Waals surface area contributed by atoms with Gasteiger partial charge in [0.1, 0.15) is 18.8 Å². The van der Waals surface area contributed by atoms with Gasteiger partial charge in [-0.3, -0.25) is 19.4 Å². The zero-order valence-electron chi connectivity index (χ0n) is 25.2. The second kappa shape index (κ2) is 16.8. The minimum atomic E-state index is -0.389. The van der Waals surface area contributed by atoms with E-state index < -0.39 is 0 Å². The number of piperazine rings is 2. The Bertz CT molecular complexity index is 986. The summed E-state index contributed by atoms with van der Waals surface area (Å²) in [4.78, 5) is 46.9. The minimum absolute atomic E-state index is 0.0282. The van der Waals surface area contributed by atoms with E-state index in [2.05, 4.69) is 29.0 Å². The number of carbonyl (C=O) groups is 3. The van der Waals surface area contributed by atoms with Crippen molar-refractivity contribution >= 4 is 17.9 Å². The molecule has 234 valence electrons. The number of likely N-dealkylation sites (N-methyl/N-ethyl adjacent to an activating group) is 2. The third-order valence-electron chi connectivity index (χ3n) is 8.23. The molecule has 2 atom stereocenters. The largest absolute Gasteiger partial charge is 0.445 e. The number of morpholine rings is 2. The van der Waals surface area contributed by atoms with E-state index in [-0.39, 0.29) is 36.7 Å². The molecule has 4 heterocycles. The summed E-state index contributed by atoms with van der Waals surface area (Å²) in [5, 5.41) is 3.25. The summed E-state index contributed by atoms with van der Waals surface area (Å²) in [7, 11) is 0. The number of hydrogen-bond donors (Lipinski definition) is 1. The fourth-order valence-electron chi connectivity index (χ4n) is 5.49. The van der Waals surface area contributed by atoms with Gasteiger partial charge in [0.05, 0.1) is 13.2 Å². The van der Waals surface area contributed by atoms with E-state index in [1.165, 1.54) is 0 Å². The van der Waals surface area contributed by atoms with Crippen LogP contribution in [0.5, 0.6) is 0 Å². The molecule has 0 saturated carbocycles. The van der Waals surface area contributed by atoms with Crippen molar-refractivity contribution in [3.63, 3.8) is 0 Å². The normalized spacial score (nSPS) is 24.0. The first-order valence-corrected chi connectivity index (χ1v) is 15.4. The molecule has 12 heteroatoms. The Balaban J connectivity index is 0.000000216. The molecule has 0 bridgehead atoms. The van der Waals surface area contributed by atoms with E-state index in [9.17, 15) is 14.4 Å². The Labute approximate surface area is 249 Å². The standard InChI is InChI=1S/C19H27N3O4.C11H21N3O2/c1-2-20-12-13-25-17(14-20)18(23)21-8-10-22(11-9-21)19(24)26-15-16-6-4-3-5-7-16;1-2-13-7-8-16-10(9-13)11(15)14-5-3-12-4-6-14/h3-7,17H,2,8-15H2,1H3;10,12H,2-9H2,1H3. The van der Waals surface area contributed by atoms with Crippen LogP contribution in [0.15, 0.2) is 30.3 Å². The van der Waals surface area contributed by atoms with Crippen molar-refractivity contribution in [1.29, 1.82) is 0 Å². The summed E-state index contributed by atoms with van der Waals surface area (Å²) in [6.45, 7) is 16.3. The second-order valence-corrected chi connectivity index (χ2v) is 10.9. The van der Waals surface area contributed by atoms with E-state index in [0.29, 0.717) is 45.9 Å². The summed E-state index contributed by atoms with van der Waals surface area (Å²) in [6.07, 6.45) is -0.959. The maximum absolute atomic E-state index is 12.6. The highest BCUT2D eigenvalue weighted by molar-refractivity contribution is 5.82. The molecule has 1 aromatic carbocycles. The van der Waals surface area contributed by atoms with Crippen LogP contribution in [-0.4, -0.2) is 159 Å². The van der Waals surface area contributed by atoms with Gasteiger partial charge in [0.2, 0.25) is 0 Å². The Morgan fingerprint density at radius 3 is 1.76 bits per heavy atom. The number of amides is 3. The number of hydrogen-bond acceptors (Lipinski definition) is 9. The molecule has 0 spiro atoms. The van der Waals surface area contributed by atoms with Crippen LogP contribution in [0.1, 0.15) is 19.4 Å². The molecule has 0 aliphatic carbocycles. The summed E-state index contributed by atoms with van der Waals surface area (Å²) >= 11 is 0. The number of nitrogens with one attached hydrogen (secondary N) is 1. The van der Waals surface area contributed by atoms with Gasteiger partial charge in [0, 0.05) is 78.5 Å². The molecule has 42 heavy (non-hydrogen) atoms. The highest BCUT2D eigenvalue weighted by Gasteiger charge is 2.33. The molecule has 5 rings (SSSR count). The van der Waals surface area contributed by atoms with Gasteiger partial charge >= 0.3 is 6.09 Å². The number of benzene rings is 1. The van der Waals surface area contributed by atoms with Crippen LogP contribution in [0, 0.1) is 0 Å². The molecular weight excluding hydrogens is 540 g/mol. The molecule has 4 aliphatic heterocycles. The fraction of sp³-hybridized carbons (Fsp3) is 0.700. The van der Waals surface area contributed by atoms with Crippen molar-refractivity contribution in [3.05, 3.63) is 35.9 Å². The Hall–Kier alpha value is -2.77. The maximum Gasteiger partial charge on any atom is 0.410 e. The zero-order chi connectivity index (χ0) is 29.7. The predicted octanol–water partition coefficient (Wildman–Crippen LogP) is 0.327. The summed E-state index contributed by atoms with van der Waals surface area (Å²) in [5.74, 6) is 0.195. The lowest BCUT2D eigenvalue weighted by Crippen LogP contribution is -2.56. The van der Waals surface area contributed by atoms with Gasteiger partial charge in [-0.05, 0) is 18.7 Å². The van der Waals surface area contributed by atoms with Crippen LogP contribution in [0.25, 0.3) is 0 Å².